The summed E-state index contributed by atoms with van der Waals surface area (Å²) in [5.74, 6) is -0.425. The van der Waals surface area contributed by atoms with Gasteiger partial charge in [0.15, 0.2) is 11.6 Å². The number of aromatic nitrogens is 2. The summed E-state index contributed by atoms with van der Waals surface area (Å²) in [6.45, 7) is 1.98. The minimum atomic E-state index is -1.06. The van der Waals surface area contributed by atoms with Gasteiger partial charge in [0.2, 0.25) is 0 Å². The molecule has 1 unspecified atom stereocenters. The zero-order valence-corrected chi connectivity index (χ0v) is 11.2. The maximum Gasteiger partial charge on any atom is 0.171 e. The third-order valence-corrected chi connectivity index (χ3v) is 3.12. The van der Waals surface area contributed by atoms with Crippen molar-refractivity contribution in [3.63, 3.8) is 0 Å². The van der Waals surface area contributed by atoms with Crippen molar-refractivity contribution in [2.24, 2.45) is 7.05 Å². The number of aliphatic hydroxyl groups excluding tert-OH is 1. The maximum absolute atomic E-state index is 14.1. The average molecular weight is 264 g/mol. The lowest BCUT2D eigenvalue weighted by molar-refractivity contribution is 0.203. The number of rotatable bonds is 4. The molecule has 0 amide bonds. The van der Waals surface area contributed by atoms with Crippen LogP contribution in [0.3, 0.4) is 0 Å². The first kappa shape index (κ1) is 13.5. The van der Waals surface area contributed by atoms with Crippen molar-refractivity contribution in [1.29, 1.82) is 0 Å². The third-order valence-electron chi connectivity index (χ3n) is 3.12. The fourth-order valence-electron chi connectivity index (χ4n) is 2.03. The molecule has 2 rings (SSSR count). The van der Waals surface area contributed by atoms with Crippen molar-refractivity contribution in [3.05, 3.63) is 47.0 Å². The number of methoxy groups -OCH3 is 1. The maximum atomic E-state index is 14.1. The number of benzene rings is 1. The zero-order chi connectivity index (χ0) is 14.0. The Morgan fingerprint density at radius 2 is 2.21 bits per heavy atom. The summed E-state index contributed by atoms with van der Waals surface area (Å²) in [4.78, 5) is 0. The van der Waals surface area contributed by atoms with Gasteiger partial charge in [0, 0.05) is 12.6 Å². The number of halogens is 1. The monoisotopic (exact) mass is 264 g/mol. The van der Waals surface area contributed by atoms with Crippen molar-refractivity contribution in [1.82, 2.24) is 9.78 Å². The first-order valence-electron chi connectivity index (χ1n) is 6.11. The van der Waals surface area contributed by atoms with Crippen LogP contribution < -0.4 is 4.74 Å². The molecular weight excluding hydrogens is 247 g/mol. The highest BCUT2D eigenvalue weighted by Gasteiger charge is 2.21. The number of ether oxygens (including phenoxy) is 1. The molecule has 1 aromatic carbocycles. The number of aliphatic hydroxyl groups is 1. The van der Waals surface area contributed by atoms with Crippen LogP contribution in [-0.4, -0.2) is 22.0 Å². The summed E-state index contributed by atoms with van der Waals surface area (Å²) in [6, 6.07) is 6.49. The van der Waals surface area contributed by atoms with Crippen LogP contribution in [0.5, 0.6) is 5.75 Å². The molecule has 0 radical (unpaired) electrons. The van der Waals surface area contributed by atoms with Crippen LogP contribution in [0.1, 0.15) is 30.0 Å². The summed E-state index contributed by atoms with van der Waals surface area (Å²) >= 11 is 0. The molecule has 0 aliphatic rings. The van der Waals surface area contributed by atoms with Gasteiger partial charge in [-0.3, -0.25) is 4.68 Å². The Hall–Kier alpha value is -1.88. The van der Waals surface area contributed by atoms with Crippen molar-refractivity contribution in [2.45, 2.75) is 19.4 Å². The van der Waals surface area contributed by atoms with Gasteiger partial charge in [-0.15, -0.1) is 0 Å². The number of aryl methyl sites for hydroxylation is 2. The van der Waals surface area contributed by atoms with Gasteiger partial charge in [-0.2, -0.15) is 5.10 Å². The summed E-state index contributed by atoms with van der Waals surface area (Å²) in [7, 11) is 3.13. The average Bonchev–Trinajstić information content (AvgIpc) is 2.79. The predicted octanol–water partition coefficient (Wildman–Crippen LogP) is 2.21. The molecule has 0 bridgehead atoms. The van der Waals surface area contributed by atoms with Crippen LogP contribution in [0, 0.1) is 5.82 Å². The van der Waals surface area contributed by atoms with E-state index < -0.39 is 11.9 Å². The van der Waals surface area contributed by atoms with Crippen LogP contribution in [0.2, 0.25) is 0 Å². The Balaban J connectivity index is 2.43. The van der Waals surface area contributed by atoms with E-state index in [1.54, 1.807) is 29.9 Å². The van der Waals surface area contributed by atoms with Gasteiger partial charge < -0.3 is 9.84 Å². The third kappa shape index (κ3) is 2.46. The van der Waals surface area contributed by atoms with Crippen LogP contribution >= 0.6 is 0 Å². The van der Waals surface area contributed by atoms with Crippen molar-refractivity contribution >= 4 is 0 Å². The molecule has 0 saturated heterocycles. The van der Waals surface area contributed by atoms with Gasteiger partial charge in [0.05, 0.1) is 18.5 Å². The molecule has 0 aliphatic heterocycles. The second kappa shape index (κ2) is 5.40. The summed E-state index contributed by atoms with van der Waals surface area (Å²) in [6.07, 6.45) is -0.297. The molecule has 1 N–H and O–H groups in total. The van der Waals surface area contributed by atoms with E-state index in [2.05, 4.69) is 5.10 Å². The first-order valence-corrected chi connectivity index (χ1v) is 6.11. The standard InChI is InChI=1S/C14H17FN2O2/c1-4-9-8-11(17(2)16-9)14(18)10-6-5-7-12(19-3)13(10)15/h5-8,14,18H,4H2,1-3H3. The molecule has 1 atom stereocenters. The van der Waals surface area contributed by atoms with Crippen molar-refractivity contribution < 1.29 is 14.2 Å². The van der Waals surface area contributed by atoms with E-state index in [0.29, 0.717) is 5.69 Å². The molecular formula is C14H17FN2O2. The summed E-state index contributed by atoms with van der Waals surface area (Å²) < 4.78 is 20.6. The van der Waals surface area contributed by atoms with E-state index in [0.717, 1.165) is 12.1 Å². The Morgan fingerprint density at radius 3 is 2.79 bits per heavy atom. The van der Waals surface area contributed by atoms with Crippen LogP contribution in [0.4, 0.5) is 4.39 Å². The fourth-order valence-corrected chi connectivity index (χ4v) is 2.03. The Labute approximate surface area is 111 Å². The molecule has 5 heteroatoms. The summed E-state index contributed by atoms with van der Waals surface area (Å²) in [5.41, 5.74) is 1.61. The Bertz CT molecular complexity index is 581. The van der Waals surface area contributed by atoms with Gasteiger partial charge in [0.25, 0.3) is 0 Å². The van der Waals surface area contributed by atoms with Gasteiger partial charge in [-0.1, -0.05) is 19.1 Å². The van der Waals surface area contributed by atoms with E-state index in [1.807, 2.05) is 6.92 Å². The van der Waals surface area contributed by atoms with Gasteiger partial charge in [0.1, 0.15) is 6.10 Å². The molecule has 2 aromatic rings. The van der Waals surface area contributed by atoms with E-state index >= 15 is 0 Å². The lowest BCUT2D eigenvalue weighted by Gasteiger charge is -2.13. The van der Waals surface area contributed by atoms with E-state index in [9.17, 15) is 9.50 Å². The van der Waals surface area contributed by atoms with E-state index in [1.165, 1.54) is 13.2 Å². The molecule has 0 fully saturated rings. The minimum absolute atomic E-state index is 0.120. The zero-order valence-electron chi connectivity index (χ0n) is 11.2. The SMILES string of the molecule is CCc1cc(C(O)c2cccc(OC)c2F)n(C)n1. The molecule has 4 nitrogen and oxygen atoms in total. The molecule has 0 aliphatic carbocycles. The Morgan fingerprint density at radius 1 is 1.47 bits per heavy atom. The van der Waals surface area contributed by atoms with Crippen LogP contribution in [0.15, 0.2) is 24.3 Å². The number of nitrogens with zero attached hydrogens (tertiary/aromatic N) is 2. The minimum Gasteiger partial charge on any atom is -0.494 e. The number of hydrogen-bond donors (Lipinski definition) is 1. The second-order valence-electron chi connectivity index (χ2n) is 4.30. The highest BCUT2D eigenvalue weighted by Crippen LogP contribution is 2.29. The second-order valence-corrected chi connectivity index (χ2v) is 4.30. The van der Waals surface area contributed by atoms with Crippen LogP contribution in [0.25, 0.3) is 0 Å². The molecule has 0 spiro atoms. The first-order chi connectivity index (χ1) is 9.08. The molecule has 0 saturated carbocycles. The molecule has 1 aromatic heterocycles. The predicted molar refractivity (Wildman–Crippen MR) is 69.6 cm³/mol. The molecule has 102 valence electrons. The lowest BCUT2D eigenvalue weighted by atomic mass is 10.0. The quantitative estimate of drug-likeness (QED) is 0.921. The van der Waals surface area contributed by atoms with Gasteiger partial charge in [-0.05, 0) is 18.6 Å². The normalized spacial score (nSPS) is 12.5. The molecule has 19 heavy (non-hydrogen) atoms. The summed E-state index contributed by atoms with van der Waals surface area (Å²) in [5, 5.41) is 14.6. The van der Waals surface area contributed by atoms with Crippen LogP contribution in [-0.2, 0) is 13.5 Å². The Kier molecular flexibility index (Phi) is 3.85. The lowest BCUT2D eigenvalue weighted by Crippen LogP contribution is -2.09. The van der Waals surface area contributed by atoms with E-state index in [4.69, 9.17) is 4.74 Å². The number of hydrogen-bond acceptors (Lipinski definition) is 3. The molecule has 1 heterocycles. The van der Waals surface area contributed by atoms with Crippen molar-refractivity contribution in [3.8, 4) is 5.75 Å². The van der Waals surface area contributed by atoms with Gasteiger partial charge >= 0.3 is 0 Å². The highest BCUT2D eigenvalue weighted by molar-refractivity contribution is 5.36. The largest absolute Gasteiger partial charge is 0.494 e. The van der Waals surface area contributed by atoms with E-state index in [-0.39, 0.29) is 11.3 Å². The highest BCUT2D eigenvalue weighted by atomic mass is 19.1. The topological polar surface area (TPSA) is 47.3 Å². The van der Waals surface area contributed by atoms with Crippen molar-refractivity contribution in [2.75, 3.05) is 7.11 Å². The fraction of sp³-hybridized carbons (Fsp3) is 0.357. The smallest absolute Gasteiger partial charge is 0.171 e. The van der Waals surface area contributed by atoms with Gasteiger partial charge in [-0.25, -0.2) is 4.39 Å².